The number of aliphatic hydroxyl groups is 1. The van der Waals surface area contributed by atoms with Crippen LogP contribution in [-0.2, 0) is 25.8 Å². The molecule has 0 heterocycles. The SMILES string of the molecule is Nc1c(C(O)(C(F)(F)F)C(F)(F)F)ccc2cc(S(=O)(=O)O)ccc12.Nc1cccc2ccc(S(=O)(=O)O)cc12. The Balaban J connectivity index is 0.000000249. The zero-order valence-corrected chi connectivity index (χ0v) is 21.2. The molecule has 0 bridgehead atoms. The molecule has 0 aliphatic rings. The summed E-state index contributed by atoms with van der Waals surface area (Å²) in [4.78, 5) is -0.776. The van der Waals surface area contributed by atoms with Crippen molar-refractivity contribution in [2.45, 2.75) is 27.7 Å². The summed E-state index contributed by atoms with van der Waals surface area (Å²) in [5.41, 5.74) is 3.68. The minimum Gasteiger partial charge on any atom is -0.398 e. The second kappa shape index (κ2) is 10.1. The van der Waals surface area contributed by atoms with Gasteiger partial charge in [-0.1, -0.05) is 36.4 Å². The summed E-state index contributed by atoms with van der Waals surface area (Å²) < 4.78 is 139. The molecule has 216 valence electrons. The van der Waals surface area contributed by atoms with Gasteiger partial charge in [-0.05, 0) is 41.1 Å². The van der Waals surface area contributed by atoms with E-state index in [-0.39, 0.29) is 15.7 Å². The molecule has 7 N–H and O–H groups in total. The number of anilines is 2. The lowest BCUT2D eigenvalue weighted by atomic mass is 9.88. The summed E-state index contributed by atoms with van der Waals surface area (Å²) in [7, 11) is -8.81. The van der Waals surface area contributed by atoms with Crippen LogP contribution in [0.25, 0.3) is 21.5 Å². The lowest BCUT2D eigenvalue weighted by Gasteiger charge is -2.33. The van der Waals surface area contributed by atoms with Crippen molar-refractivity contribution in [2.75, 3.05) is 11.5 Å². The van der Waals surface area contributed by atoms with E-state index in [1.165, 1.54) is 12.1 Å². The number of rotatable bonds is 3. The van der Waals surface area contributed by atoms with Crippen LogP contribution < -0.4 is 11.5 Å². The van der Waals surface area contributed by atoms with E-state index in [0.717, 1.165) is 29.7 Å². The van der Waals surface area contributed by atoms with Crippen LogP contribution in [0.2, 0.25) is 0 Å². The molecule has 0 saturated heterocycles. The van der Waals surface area contributed by atoms with E-state index in [4.69, 9.17) is 20.6 Å². The Hall–Kier alpha value is -3.64. The van der Waals surface area contributed by atoms with Gasteiger partial charge >= 0.3 is 12.4 Å². The summed E-state index contributed by atoms with van der Waals surface area (Å²) in [5, 5.41) is 10.4. The second-order valence-electron chi connectivity index (χ2n) is 8.30. The van der Waals surface area contributed by atoms with Gasteiger partial charge in [0, 0.05) is 27.7 Å². The first-order chi connectivity index (χ1) is 18.1. The van der Waals surface area contributed by atoms with Crippen molar-refractivity contribution >= 4 is 53.2 Å². The zero-order valence-electron chi connectivity index (χ0n) is 19.6. The largest absolute Gasteiger partial charge is 0.430 e. The normalized spacial score (nSPS) is 13.2. The van der Waals surface area contributed by atoms with Gasteiger partial charge in [-0.2, -0.15) is 43.2 Å². The molecule has 0 aliphatic heterocycles. The van der Waals surface area contributed by atoms with Crippen LogP contribution in [0.15, 0.2) is 76.5 Å². The average molecular weight is 613 g/mol. The number of nitrogens with two attached hydrogens (primary N) is 2. The fraction of sp³-hybridized carbons (Fsp3) is 0.130. The van der Waals surface area contributed by atoms with E-state index >= 15 is 0 Å². The van der Waals surface area contributed by atoms with Crippen LogP contribution >= 0.6 is 0 Å². The predicted molar refractivity (Wildman–Crippen MR) is 132 cm³/mol. The van der Waals surface area contributed by atoms with Crippen LogP contribution in [-0.4, -0.2) is 43.4 Å². The van der Waals surface area contributed by atoms with E-state index in [2.05, 4.69) is 0 Å². The van der Waals surface area contributed by atoms with Crippen molar-refractivity contribution in [3.05, 3.63) is 72.3 Å². The number of nitrogen functional groups attached to an aromatic ring is 2. The maximum atomic E-state index is 12.9. The van der Waals surface area contributed by atoms with Crippen molar-refractivity contribution < 1.29 is 57.4 Å². The van der Waals surface area contributed by atoms with Gasteiger partial charge in [0.15, 0.2) is 0 Å². The van der Waals surface area contributed by atoms with Gasteiger partial charge in [0.2, 0.25) is 0 Å². The predicted octanol–water partition coefficient (Wildman–Crippen LogP) is 4.65. The van der Waals surface area contributed by atoms with Gasteiger partial charge in [0.05, 0.1) is 9.79 Å². The summed E-state index contributed by atoms with van der Waals surface area (Å²) >= 11 is 0. The van der Waals surface area contributed by atoms with Gasteiger partial charge in [-0.25, -0.2) is 0 Å². The van der Waals surface area contributed by atoms with E-state index in [1.54, 1.807) is 18.2 Å². The minimum atomic E-state index is -6.11. The van der Waals surface area contributed by atoms with Gasteiger partial charge in [0.25, 0.3) is 25.8 Å². The molecule has 0 unspecified atom stereocenters. The average Bonchev–Trinajstić information content (AvgIpc) is 2.81. The molecule has 9 nitrogen and oxygen atoms in total. The van der Waals surface area contributed by atoms with E-state index in [0.29, 0.717) is 17.1 Å². The molecule has 17 heteroatoms. The molecular weight excluding hydrogens is 594 g/mol. The molecule has 0 aliphatic carbocycles. The quantitative estimate of drug-likeness (QED) is 0.125. The summed E-state index contributed by atoms with van der Waals surface area (Å²) in [5.74, 6) is 0. The molecule has 4 aromatic carbocycles. The van der Waals surface area contributed by atoms with E-state index in [9.17, 15) is 48.3 Å². The fourth-order valence-electron chi connectivity index (χ4n) is 3.71. The Morgan fingerprint density at radius 1 is 0.625 bits per heavy atom. The Kier molecular flexibility index (Phi) is 7.78. The third kappa shape index (κ3) is 5.78. The molecule has 0 fully saturated rings. The summed E-state index contributed by atoms with van der Waals surface area (Å²) in [6.45, 7) is 0. The number of fused-ring (bicyclic) bond motifs is 2. The highest BCUT2D eigenvalue weighted by Crippen LogP contribution is 2.52. The molecule has 0 aromatic heterocycles. The summed E-state index contributed by atoms with van der Waals surface area (Å²) in [6, 6.07) is 13.0. The molecular formula is C23H18F6N2O7S2. The Labute approximate surface area is 222 Å². The van der Waals surface area contributed by atoms with Crippen LogP contribution in [0.5, 0.6) is 0 Å². The number of benzene rings is 4. The number of hydrogen-bond acceptors (Lipinski definition) is 7. The third-order valence-electron chi connectivity index (χ3n) is 5.73. The highest BCUT2D eigenvalue weighted by atomic mass is 32.2. The minimum absolute atomic E-state index is 0.145. The summed E-state index contributed by atoms with van der Waals surface area (Å²) in [6.07, 6.45) is -12.2. The highest BCUT2D eigenvalue weighted by molar-refractivity contribution is 7.86. The third-order valence-corrected chi connectivity index (χ3v) is 7.43. The van der Waals surface area contributed by atoms with Crippen LogP contribution in [0.3, 0.4) is 0 Å². The van der Waals surface area contributed by atoms with Crippen molar-refractivity contribution in [1.29, 1.82) is 0 Å². The number of hydrogen-bond donors (Lipinski definition) is 5. The van der Waals surface area contributed by atoms with E-state index in [1.807, 2.05) is 6.07 Å². The molecule has 0 amide bonds. The maximum absolute atomic E-state index is 12.9. The molecule has 0 saturated carbocycles. The molecule has 4 rings (SSSR count). The smallest absolute Gasteiger partial charge is 0.398 e. The van der Waals surface area contributed by atoms with E-state index < -0.39 is 54.3 Å². The lowest BCUT2D eigenvalue weighted by molar-refractivity contribution is -0.375. The molecule has 4 aromatic rings. The van der Waals surface area contributed by atoms with Gasteiger partial charge in [-0.3, -0.25) is 9.11 Å². The zero-order chi connectivity index (χ0) is 30.5. The topological polar surface area (TPSA) is 181 Å². The van der Waals surface area contributed by atoms with Gasteiger partial charge in [-0.15, -0.1) is 0 Å². The standard InChI is InChI=1S/C13H9F6NO4S.C10H9NO3S/c14-12(15,16)11(21,13(17,18)19)9-4-1-6-5-7(25(22,23)24)2-3-8(6)10(9)20;11-10-3-1-2-7-4-5-8(6-9(7)10)15(12,13)14/h1-5,21H,20H2,(H,22,23,24);1-6H,11H2,(H,12,13,14). The van der Waals surface area contributed by atoms with Crippen LogP contribution in [0.1, 0.15) is 5.56 Å². The van der Waals surface area contributed by atoms with Crippen LogP contribution in [0, 0.1) is 0 Å². The fourth-order valence-corrected chi connectivity index (χ4v) is 4.73. The molecule has 40 heavy (non-hydrogen) atoms. The highest BCUT2D eigenvalue weighted by Gasteiger charge is 2.72. The first kappa shape index (κ1) is 30.9. The molecule has 0 atom stereocenters. The second-order valence-corrected chi connectivity index (χ2v) is 11.1. The monoisotopic (exact) mass is 612 g/mol. The van der Waals surface area contributed by atoms with Crippen molar-refractivity contribution in [2.24, 2.45) is 0 Å². The van der Waals surface area contributed by atoms with Crippen LogP contribution in [0.4, 0.5) is 37.7 Å². The molecule has 0 radical (unpaired) electrons. The first-order valence-electron chi connectivity index (χ1n) is 10.5. The molecule has 0 spiro atoms. The Bertz CT molecular complexity index is 1810. The van der Waals surface area contributed by atoms with Gasteiger partial charge in [0.1, 0.15) is 0 Å². The van der Waals surface area contributed by atoms with Gasteiger partial charge < -0.3 is 16.6 Å². The van der Waals surface area contributed by atoms with Crippen molar-refractivity contribution in [1.82, 2.24) is 0 Å². The number of halogens is 6. The number of alkyl halides is 6. The maximum Gasteiger partial charge on any atom is 0.430 e. The van der Waals surface area contributed by atoms with Crippen molar-refractivity contribution in [3.63, 3.8) is 0 Å². The first-order valence-corrected chi connectivity index (χ1v) is 13.4. The Morgan fingerprint density at radius 2 is 1.12 bits per heavy atom. The lowest BCUT2D eigenvalue weighted by Crippen LogP contribution is -2.54. The Morgan fingerprint density at radius 3 is 1.65 bits per heavy atom. The van der Waals surface area contributed by atoms with Crippen molar-refractivity contribution in [3.8, 4) is 0 Å².